The van der Waals surface area contributed by atoms with Gasteiger partial charge in [0.25, 0.3) is 0 Å². The maximum atomic E-state index is 12.1. The van der Waals surface area contributed by atoms with E-state index in [9.17, 15) is 10.1 Å². The van der Waals surface area contributed by atoms with Crippen molar-refractivity contribution in [2.24, 2.45) is 5.92 Å². The lowest BCUT2D eigenvalue weighted by Gasteiger charge is -2.27. The standard InChI is InChI=1S/C18H21N3O/c1-13(2)18(3,12-19)21-17(22)11-20-16-10-6-8-14-7-4-5-9-15(14)16/h4-10,13,20H,11H2,1-3H3,(H,21,22). The molecule has 2 rings (SSSR count). The monoisotopic (exact) mass is 295 g/mol. The molecule has 0 heterocycles. The predicted octanol–water partition coefficient (Wildman–Crippen LogP) is 3.31. The predicted molar refractivity (Wildman–Crippen MR) is 89.4 cm³/mol. The largest absolute Gasteiger partial charge is 0.376 e. The van der Waals surface area contributed by atoms with Crippen LogP contribution < -0.4 is 10.6 Å². The van der Waals surface area contributed by atoms with E-state index in [2.05, 4.69) is 16.7 Å². The van der Waals surface area contributed by atoms with Crippen molar-refractivity contribution in [3.8, 4) is 6.07 Å². The normalized spacial score (nSPS) is 13.4. The number of fused-ring (bicyclic) bond motifs is 1. The van der Waals surface area contributed by atoms with Crippen LogP contribution in [0.15, 0.2) is 42.5 Å². The molecule has 0 aliphatic heterocycles. The number of hydrogen-bond donors (Lipinski definition) is 2. The summed E-state index contributed by atoms with van der Waals surface area (Å²) in [6.45, 7) is 5.72. The van der Waals surface area contributed by atoms with Gasteiger partial charge in [-0.15, -0.1) is 0 Å². The highest BCUT2D eigenvalue weighted by Gasteiger charge is 2.29. The molecule has 0 saturated heterocycles. The van der Waals surface area contributed by atoms with Crippen molar-refractivity contribution in [1.29, 1.82) is 5.26 Å². The Hall–Kier alpha value is -2.54. The van der Waals surface area contributed by atoms with Gasteiger partial charge < -0.3 is 10.6 Å². The van der Waals surface area contributed by atoms with Crippen LogP contribution in [0.2, 0.25) is 0 Å². The van der Waals surface area contributed by atoms with Gasteiger partial charge in [0.15, 0.2) is 0 Å². The zero-order valence-corrected chi connectivity index (χ0v) is 13.2. The topological polar surface area (TPSA) is 64.9 Å². The van der Waals surface area contributed by atoms with Gasteiger partial charge in [0, 0.05) is 11.1 Å². The smallest absolute Gasteiger partial charge is 0.240 e. The Morgan fingerprint density at radius 1 is 1.23 bits per heavy atom. The average Bonchev–Trinajstić information content (AvgIpc) is 2.52. The maximum Gasteiger partial charge on any atom is 0.240 e. The summed E-state index contributed by atoms with van der Waals surface area (Å²) >= 11 is 0. The van der Waals surface area contributed by atoms with Gasteiger partial charge in [-0.05, 0) is 24.3 Å². The highest BCUT2D eigenvalue weighted by Crippen LogP contribution is 2.22. The molecule has 0 aromatic heterocycles. The number of nitrogens with zero attached hydrogens (tertiary/aromatic N) is 1. The van der Waals surface area contributed by atoms with Gasteiger partial charge in [0.1, 0.15) is 5.54 Å². The maximum absolute atomic E-state index is 12.1. The number of nitrogens with one attached hydrogen (secondary N) is 2. The van der Waals surface area contributed by atoms with E-state index in [-0.39, 0.29) is 18.4 Å². The van der Waals surface area contributed by atoms with E-state index in [0.717, 1.165) is 16.5 Å². The first-order chi connectivity index (χ1) is 10.5. The molecule has 1 atom stereocenters. The number of nitriles is 1. The first-order valence-corrected chi connectivity index (χ1v) is 7.40. The molecule has 2 N–H and O–H groups in total. The van der Waals surface area contributed by atoms with Crippen molar-refractivity contribution in [3.05, 3.63) is 42.5 Å². The van der Waals surface area contributed by atoms with Crippen LogP contribution in [0, 0.1) is 17.2 Å². The number of benzene rings is 2. The molecule has 22 heavy (non-hydrogen) atoms. The van der Waals surface area contributed by atoms with Crippen molar-refractivity contribution in [1.82, 2.24) is 5.32 Å². The van der Waals surface area contributed by atoms with Crippen LogP contribution in [0.3, 0.4) is 0 Å². The number of carbonyl (C=O) groups excluding carboxylic acids is 1. The van der Waals surface area contributed by atoms with E-state index in [1.807, 2.05) is 56.3 Å². The lowest BCUT2D eigenvalue weighted by atomic mass is 9.90. The Morgan fingerprint density at radius 2 is 1.91 bits per heavy atom. The number of carbonyl (C=O) groups is 1. The van der Waals surface area contributed by atoms with Crippen LogP contribution in [0.5, 0.6) is 0 Å². The summed E-state index contributed by atoms with van der Waals surface area (Å²) in [5, 5.41) is 17.4. The summed E-state index contributed by atoms with van der Waals surface area (Å²) in [7, 11) is 0. The second kappa shape index (κ2) is 6.48. The zero-order chi connectivity index (χ0) is 16.2. The van der Waals surface area contributed by atoms with Crippen molar-refractivity contribution in [3.63, 3.8) is 0 Å². The van der Waals surface area contributed by atoms with Gasteiger partial charge in [-0.25, -0.2) is 0 Å². The summed E-state index contributed by atoms with van der Waals surface area (Å²) < 4.78 is 0. The van der Waals surface area contributed by atoms with Gasteiger partial charge in [0.2, 0.25) is 5.91 Å². The van der Waals surface area contributed by atoms with Crippen LogP contribution in [0.4, 0.5) is 5.69 Å². The zero-order valence-electron chi connectivity index (χ0n) is 13.2. The third kappa shape index (κ3) is 3.37. The Kier molecular flexibility index (Phi) is 4.67. The Bertz CT molecular complexity index is 712. The highest BCUT2D eigenvalue weighted by atomic mass is 16.2. The second-order valence-electron chi connectivity index (χ2n) is 5.90. The van der Waals surface area contributed by atoms with Gasteiger partial charge in [-0.1, -0.05) is 50.2 Å². The van der Waals surface area contributed by atoms with Gasteiger partial charge in [0.05, 0.1) is 12.6 Å². The summed E-state index contributed by atoms with van der Waals surface area (Å²) in [6.07, 6.45) is 0. The van der Waals surface area contributed by atoms with Crippen LogP contribution in [0.1, 0.15) is 20.8 Å². The SMILES string of the molecule is CC(C)C(C)(C#N)NC(=O)CNc1cccc2ccccc12. The van der Waals surface area contributed by atoms with E-state index < -0.39 is 5.54 Å². The van der Waals surface area contributed by atoms with Gasteiger partial charge in [-0.3, -0.25) is 4.79 Å². The van der Waals surface area contributed by atoms with Crippen LogP contribution >= 0.6 is 0 Å². The Morgan fingerprint density at radius 3 is 2.59 bits per heavy atom. The third-order valence-electron chi connectivity index (χ3n) is 4.02. The molecule has 1 unspecified atom stereocenters. The fraction of sp³-hybridized carbons (Fsp3) is 0.333. The minimum absolute atomic E-state index is 0.0407. The molecule has 1 amide bonds. The van der Waals surface area contributed by atoms with Crippen molar-refractivity contribution in [2.45, 2.75) is 26.3 Å². The first kappa shape index (κ1) is 15.8. The first-order valence-electron chi connectivity index (χ1n) is 7.40. The molecule has 0 aliphatic rings. The molecule has 2 aromatic carbocycles. The van der Waals surface area contributed by atoms with Crippen molar-refractivity contribution < 1.29 is 4.79 Å². The van der Waals surface area contributed by atoms with E-state index in [0.29, 0.717) is 0 Å². The molecular formula is C18H21N3O. The third-order valence-corrected chi connectivity index (χ3v) is 4.02. The molecule has 0 saturated carbocycles. The molecule has 0 radical (unpaired) electrons. The van der Waals surface area contributed by atoms with Crippen LogP contribution in [-0.2, 0) is 4.79 Å². The quantitative estimate of drug-likeness (QED) is 0.889. The van der Waals surface area contributed by atoms with E-state index in [1.165, 1.54) is 0 Å². The molecule has 2 aromatic rings. The molecule has 114 valence electrons. The molecule has 0 aliphatic carbocycles. The van der Waals surface area contributed by atoms with Crippen LogP contribution in [-0.4, -0.2) is 18.0 Å². The Balaban J connectivity index is 2.06. The fourth-order valence-corrected chi connectivity index (χ4v) is 2.19. The fourth-order valence-electron chi connectivity index (χ4n) is 2.19. The summed E-state index contributed by atoms with van der Waals surface area (Å²) in [4.78, 5) is 12.1. The number of rotatable bonds is 5. The van der Waals surface area contributed by atoms with Gasteiger partial charge >= 0.3 is 0 Å². The van der Waals surface area contributed by atoms with Crippen molar-refractivity contribution >= 4 is 22.4 Å². The van der Waals surface area contributed by atoms with Crippen molar-refractivity contribution in [2.75, 3.05) is 11.9 Å². The molecule has 0 spiro atoms. The van der Waals surface area contributed by atoms with Crippen LogP contribution in [0.25, 0.3) is 10.8 Å². The summed E-state index contributed by atoms with van der Waals surface area (Å²) in [6, 6.07) is 16.1. The second-order valence-corrected chi connectivity index (χ2v) is 5.90. The lowest BCUT2D eigenvalue weighted by Crippen LogP contribution is -2.50. The molecular weight excluding hydrogens is 274 g/mol. The van der Waals surface area contributed by atoms with E-state index >= 15 is 0 Å². The summed E-state index contributed by atoms with van der Waals surface area (Å²) in [5.41, 5.74) is 0.0637. The molecule has 0 fully saturated rings. The number of anilines is 1. The number of amides is 1. The van der Waals surface area contributed by atoms with E-state index in [4.69, 9.17) is 0 Å². The number of hydrogen-bond acceptors (Lipinski definition) is 3. The minimum atomic E-state index is -0.850. The lowest BCUT2D eigenvalue weighted by molar-refractivity contribution is -0.121. The molecule has 4 nitrogen and oxygen atoms in total. The Labute approximate surface area is 131 Å². The molecule has 0 bridgehead atoms. The highest BCUT2D eigenvalue weighted by molar-refractivity contribution is 5.95. The van der Waals surface area contributed by atoms with E-state index in [1.54, 1.807) is 6.92 Å². The molecule has 4 heteroatoms. The summed E-state index contributed by atoms with van der Waals surface area (Å²) in [5.74, 6) is -0.148. The average molecular weight is 295 g/mol. The minimum Gasteiger partial charge on any atom is -0.376 e. The van der Waals surface area contributed by atoms with Gasteiger partial charge in [-0.2, -0.15) is 5.26 Å².